The van der Waals surface area contributed by atoms with Gasteiger partial charge in [0.2, 0.25) is 0 Å². The quantitative estimate of drug-likeness (QED) is 0.205. The molecule has 1 saturated carbocycles. The Kier molecular flexibility index (Phi) is 13.4. The number of methoxy groups -OCH3 is 1. The minimum Gasteiger partial charge on any atom is -0.462 e. The summed E-state index contributed by atoms with van der Waals surface area (Å²) in [6.45, 7) is 16.0. The Morgan fingerprint density at radius 3 is 2.42 bits per heavy atom. The minimum atomic E-state index is -1.66. The summed E-state index contributed by atoms with van der Waals surface area (Å²) in [5.41, 5.74) is -0.170. The molecule has 0 aromatic carbocycles. The van der Waals surface area contributed by atoms with Crippen LogP contribution in [-0.2, 0) is 28.5 Å². The molecular weight excluding hydrogens is 664 g/mol. The van der Waals surface area contributed by atoms with Crippen molar-refractivity contribution in [2.24, 2.45) is 29.6 Å². The number of rotatable bonds is 5. The average Bonchev–Trinajstić information content (AvgIpc) is 3.09. The highest BCUT2D eigenvalue weighted by Gasteiger charge is 2.53. The fourth-order valence-electron chi connectivity index (χ4n) is 9.51. The maximum atomic E-state index is 14.2. The van der Waals surface area contributed by atoms with Crippen molar-refractivity contribution in [2.75, 3.05) is 7.11 Å². The van der Waals surface area contributed by atoms with Gasteiger partial charge in [-0.05, 0) is 75.0 Å². The number of carbonyl (C=O) groups excluding carboxylic acids is 1. The molecule has 3 fully saturated rings. The molecule has 2 aliphatic carbocycles. The van der Waals surface area contributed by atoms with Gasteiger partial charge < -0.3 is 44.1 Å². The Balaban J connectivity index is 1.54. The molecule has 10 heteroatoms. The van der Waals surface area contributed by atoms with Crippen LogP contribution in [0.3, 0.4) is 0 Å². The van der Waals surface area contributed by atoms with Crippen molar-refractivity contribution < 1.29 is 48.9 Å². The third kappa shape index (κ3) is 8.81. The van der Waals surface area contributed by atoms with Gasteiger partial charge in [0, 0.05) is 45.1 Å². The van der Waals surface area contributed by atoms with E-state index >= 15 is 0 Å². The van der Waals surface area contributed by atoms with E-state index < -0.39 is 66.0 Å². The molecule has 16 atom stereocenters. The lowest BCUT2D eigenvalue weighted by Gasteiger charge is -2.52. The van der Waals surface area contributed by atoms with E-state index in [1.807, 2.05) is 26.0 Å². The highest BCUT2D eigenvalue weighted by Crippen LogP contribution is 2.49. The van der Waals surface area contributed by atoms with E-state index in [4.69, 9.17) is 23.7 Å². The van der Waals surface area contributed by atoms with E-state index in [1.54, 1.807) is 33.1 Å². The SMILES string of the molecule is CCC(C)C1CC2(CC3CC(CC=C(C)C(OC4CC(OC)C(O)C(C)O4)C(C)C=CC=C(C)C4(O)CC(O)C(C)=CC4C(=O)O3)O2)CC(O)C1C. The second-order valence-corrected chi connectivity index (χ2v) is 16.9. The van der Waals surface area contributed by atoms with Crippen LogP contribution < -0.4 is 0 Å². The summed E-state index contributed by atoms with van der Waals surface area (Å²) in [7, 11) is 1.58. The van der Waals surface area contributed by atoms with Gasteiger partial charge in [-0.25, -0.2) is 0 Å². The molecule has 5 aliphatic rings. The highest BCUT2D eigenvalue weighted by molar-refractivity contribution is 5.78. The average molecular weight is 731 g/mol. The summed E-state index contributed by atoms with van der Waals surface area (Å²) >= 11 is 0. The summed E-state index contributed by atoms with van der Waals surface area (Å²) in [6, 6.07) is 0. The highest BCUT2D eigenvalue weighted by atomic mass is 16.7. The maximum absolute atomic E-state index is 14.2. The second-order valence-electron chi connectivity index (χ2n) is 16.9. The number of fused-ring (bicyclic) bond motifs is 3. The molecular formula is C42H66O10. The maximum Gasteiger partial charge on any atom is 0.316 e. The zero-order valence-corrected chi connectivity index (χ0v) is 32.9. The van der Waals surface area contributed by atoms with E-state index in [1.165, 1.54) is 0 Å². The third-order valence-corrected chi connectivity index (χ3v) is 13.2. The molecule has 0 aromatic rings. The molecule has 5 rings (SSSR count). The van der Waals surface area contributed by atoms with Crippen LogP contribution in [0.25, 0.3) is 0 Å². The number of hydrogen-bond donors (Lipinski definition) is 4. The first kappa shape index (κ1) is 41.3. The zero-order valence-electron chi connectivity index (χ0n) is 32.9. The van der Waals surface area contributed by atoms with Crippen molar-refractivity contribution >= 4 is 5.97 Å². The van der Waals surface area contributed by atoms with Gasteiger partial charge in [0.25, 0.3) is 0 Å². The van der Waals surface area contributed by atoms with Gasteiger partial charge in [-0.3, -0.25) is 4.79 Å². The topological polar surface area (TPSA) is 144 Å². The number of aliphatic hydroxyl groups excluding tert-OH is 3. The first-order valence-corrected chi connectivity index (χ1v) is 19.7. The summed E-state index contributed by atoms with van der Waals surface area (Å²) in [4.78, 5) is 14.2. The van der Waals surface area contributed by atoms with Crippen LogP contribution in [0.5, 0.6) is 0 Å². The minimum absolute atomic E-state index is 0.0286. The van der Waals surface area contributed by atoms with E-state index in [-0.39, 0.29) is 36.4 Å². The summed E-state index contributed by atoms with van der Waals surface area (Å²) < 4.78 is 31.8. The molecule has 4 N–H and O–H groups in total. The standard InChI is InChI=1S/C42H66O10/c1-10-23(2)32-20-41(21-35(44)28(32)7)19-31-17-30(52-41)15-14-25(4)39(51-37-18-36(48-9)38(45)29(8)49-37)24(3)12-11-13-27(6)42(47)22-34(43)26(5)16-33(42)40(46)50-31/h11-14,16,23-24,28-39,43-45,47H,10,15,17-22H2,1-9H3. The Hall–Kier alpha value is -1.89. The fourth-order valence-corrected chi connectivity index (χ4v) is 9.51. The van der Waals surface area contributed by atoms with Gasteiger partial charge in [0.15, 0.2) is 6.29 Å². The van der Waals surface area contributed by atoms with Crippen molar-refractivity contribution in [3.8, 4) is 0 Å². The number of hydrogen-bond acceptors (Lipinski definition) is 10. The molecule has 3 aliphatic heterocycles. The fraction of sp³-hybridized carbons (Fsp3) is 0.786. The molecule has 294 valence electrons. The van der Waals surface area contributed by atoms with Crippen molar-refractivity contribution in [3.63, 3.8) is 0 Å². The van der Waals surface area contributed by atoms with E-state index in [2.05, 4.69) is 33.8 Å². The lowest BCUT2D eigenvalue weighted by Crippen LogP contribution is -2.56. The van der Waals surface area contributed by atoms with Gasteiger partial charge in [-0.2, -0.15) is 0 Å². The second kappa shape index (κ2) is 16.9. The smallest absolute Gasteiger partial charge is 0.316 e. The van der Waals surface area contributed by atoms with Crippen molar-refractivity contribution in [3.05, 3.63) is 47.1 Å². The molecule has 10 nitrogen and oxygen atoms in total. The summed E-state index contributed by atoms with van der Waals surface area (Å²) in [5, 5.41) is 45.1. The van der Waals surface area contributed by atoms with E-state index in [9.17, 15) is 25.2 Å². The molecule has 16 unspecified atom stereocenters. The lowest BCUT2D eigenvalue weighted by atomic mass is 9.63. The van der Waals surface area contributed by atoms with E-state index in [0.717, 1.165) is 18.4 Å². The first-order chi connectivity index (χ1) is 24.5. The van der Waals surface area contributed by atoms with Crippen LogP contribution >= 0.6 is 0 Å². The lowest BCUT2D eigenvalue weighted by molar-refractivity contribution is -0.261. The largest absolute Gasteiger partial charge is 0.462 e. The Morgan fingerprint density at radius 2 is 1.73 bits per heavy atom. The number of carbonyl (C=O) groups is 1. The summed E-state index contributed by atoms with van der Waals surface area (Å²) in [5.74, 6) is -0.882. The Bertz CT molecular complexity index is 1370. The molecule has 0 aromatic heterocycles. The predicted molar refractivity (Wildman–Crippen MR) is 198 cm³/mol. The van der Waals surface area contributed by atoms with Crippen molar-refractivity contribution in [1.82, 2.24) is 0 Å². The van der Waals surface area contributed by atoms with Crippen LogP contribution in [0.4, 0.5) is 0 Å². The number of aliphatic hydroxyl groups is 4. The first-order valence-electron chi connectivity index (χ1n) is 19.7. The van der Waals surface area contributed by atoms with Crippen molar-refractivity contribution in [1.29, 1.82) is 0 Å². The van der Waals surface area contributed by atoms with Gasteiger partial charge in [-0.15, -0.1) is 0 Å². The van der Waals surface area contributed by atoms with Crippen LogP contribution in [-0.4, -0.2) is 99.8 Å². The monoisotopic (exact) mass is 730 g/mol. The van der Waals surface area contributed by atoms with Crippen LogP contribution in [0, 0.1) is 29.6 Å². The number of ether oxygens (including phenoxy) is 5. The molecule has 0 amide bonds. The summed E-state index contributed by atoms with van der Waals surface area (Å²) in [6.07, 6.45) is 8.71. The van der Waals surface area contributed by atoms with Crippen LogP contribution in [0.2, 0.25) is 0 Å². The van der Waals surface area contributed by atoms with Crippen LogP contribution in [0.1, 0.15) is 107 Å². The van der Waals surface area contributed by atoms with Gasteiger partial charge >= 0.3 is 5.97 Å². The normalized spacial score (nSPS) is 45.7. The van der Waals surface area contributed by atoms with Crippen molar-refractivity contribution in [2.45, 2.75) is 173 Å². The molecule has 52 heavy (non-hydrogen) atoms. The predicted octanol–water partition coefficient (Wildman–Crippen LogP) is 5.71. The third-order valence-electron chi connectivity index (χ3n) is 13.2. The van der Waals surface area contributed by atoms with Crippen LogP contribution in [0.15, 0.2) is 47.1 Å². The molecule has 3 heterocycles. The van der Waals surface area contributed by atoms with Gasteiger partial charge in [-0.1, -0.05) is 64.5 Å². The van der Waals surface area contributed by atoms with Gasteiger partial charge in [0.1, 0.15) is 23.7 Å². The molecule has 1 spiro atoms. The number of allylic oxidation sites excluding steroid dienone is 2. The Morgan fingerprint density at radius 1 is 1.00 bits per heavy atom. The molecule has 2 saturated heterocycles. The van der Waals surface area contributed by atoms with E-state index in [0.29, 0.717) is 49.2 Å². The zero-order chi connectivity index (χ0) is 38.1. The molecule has 0 radical (unpaired) electrons. The van der Waals surface area contributed by atoms with Gasteiger partial charge in [0.05, 0.1) is 42.2 Å². The number of esters is 1. The Labute approximate surface area is 311 Å². The molecule has 2 bridgehead atoms.